The molecular formula is C18H20F3N3O4. The molecule has 1 aliphatic rings. The maximum Gasteiger partial charge on any atom is 0.573 e. The number of carbonyl (C=O) groups is 1. The van der Waals surface area contributed by atoms with Crippen LogP contribution in [0.2, 0.25) is 0 Å². The lowest BCUT2D eigenvalue weighted by Crippen LogP contribution is -2.24. The van der Waals surface area contributed by atoms with Crippen LogP contribution < -0.4 is 9.47 Å². The Morgan fingerprint density at radius 1 is 1.18 bits per heavy atom. The summed E-state index contributed by atoms with van der Waals surface area (Å²) >= 11 is 0. The Hall–Kier alpha value is -2.78. The molecule has 1 aromatic heterocycles. The second kappa shape index (κ2) is 8.49. The predicted molar refractivity (Wildman–Crippen MR) is 91.1 cm³/mol. The number of esters is 1. The normalized spacial score (nSPS) is 19.9. The molecule has 0 spiro atoms. The fraction of sp³-hybridized carbons (Fsp3) is 0.500. The number of hydrogen-bond donors (Lipinski definition) is 1. The first-order valence-corrected chi connectivity index (χ1v) is 8.96. The number of hydrogen-bond acceptors (Lipinski definition) is 6. The third-order valence-corrected chi connectivity index (χ3v) is 4.53. The van der Waals surface area contributed by atoms with E-state index in [0.29, 0.717) is 0 Å². The number of H-pyrrole nitrogens is 1. The summed E-state index contributed by atoms with van der Waals surface area (Å²) in [6.07, 6.45) is -1.77. The molecule has 1 heterocycles. The van der Waals surface area contributed by atoms with Crippen molar-refractivity contribution in [3.05, 3.63) is 35.5 Å². The van der Waals surface area contributed by atoms with Crippen molar-refractivity contribution in [2.45, 2.75) is 51.0 Å². The minimum Gasteiger partial charge on any atom is -0.472 e. The van der Waals surface area contributed by atoms with Crippen LogP contribution in [0, 0.1) is 0 Å². The maximum atomic E-state index is 12.2. The average Bonchev–Trinajstić information content (AvgIpc) is 3.10. The lowest BCUT2D eigenvalue weighted by atomic mass is 9.83. The van der Waals surface area contributed by atoms with Crippen LogP contribution in [-0.4, -0.2) is 40.5 Å². The van der Waals surface area contributed by atoms with Gasteiger partial charge in [0.15, 0.2) is 0 Å². The molecule has 0 saturated heterocycles. The smallest absolute Gasteiger partial charge is 0.472 e. The minimum absolute atomic E-state index is 0.0872. The van der Waals surface area contributed by atoms with Gasteiger partial charge >= 0.3 is 12.3 Å². The molecule has 10 heteroatoms. The largest absolute Gasteiger partial charge is 0.573 e. The van der Waals surface area contributed by atoms with Gasteiger partial charge in [-0.05, 0) is 56.2 Å². The van der Waals surface area contributed by atoms with Gasteiger partial charge in [0.1, 0.15) is 11.9 Å². The number of ether oxygens (including phenoxy) is 3. The monoisotopic (exact) mass is 399 g/mol. The van der Waals surface area contributed by atoms with E-state index in [0.717, 1.165) is 31.2 Å². The zero-order valence-corrected chi connectivity index (χ0v) is 15.2. The fourth-order valence-corrected chi connectivity index (χ4v) is 3.25. The molecule has 28 heavy (non-hydrogen) atoms. The molecule has 1 saturated carbocycles. The summed E-state index contributed by atoms with van der Waals surface area (Å²) in [5, 5.41) is 9.87. The Balaban J connectivity index is 1.54. The SMILES string of the molecule is CCOC(=O)c1[nH]nnc1OC1CCC(c2ccc(OC(F)(F)F)cc2)CC1. The van der Waals surface area contributed by atoms with Crippen molar-refractivity contribution in [3.8, 4) is 11.6 Å². The van der Waals surface area contributed by atoms with Crippen LogP contribution in [0.1, 0.15) is 54.6 Å². The molecule has 1 fully saturated rings. The molecule has 1 aromatic carbocycles. The molecule has 3 rings (SSSR count). The molecule has 0 unspecified atom stereocenters. The molecule has 0 amide bonds. The molecule has 0 radical (unpaired) electrons. The van der Waals surface area contributed by atoms with Gasteiger partial charge in [0.2, 0.25) is 5.69 Å². The molecule has 2 aromatic rings. The van der Waals surface area contributed by atoms with Gasteiger partial charge in [-0.1, -0.05) is 22.4 Å². The second-order valence-electron chi connectivity index (χ2n) is 6.42. The fourth-order valence-electron chi connectivity index (χ4n) is 3.25. The van der Waals surface area contributed by atoms with E-state index in [2.05, 4.69) is 20.1 Å². The first kappa shape index (κ1) is 20.0. The van der Waals surface area contributed by atoms with Crippen molar-refractivity contribution in [1.29, 1.82) is 0 Å². The van der Waals surface area contributed by atoms with Crippen LogP contribution in [0.5, 0.6) is 11.6 Å². The number of nitrogens with zero attached hydrogens (tertiary/aromatic N) is 2. The van der Waals surface area contributed by atoms with Gasteiger partial charge in [-0.25, -0.2) is 9.89 Å². The van der Waals surface area contributed by atoms with Crippen LogP contribution in [0.4, 0.5) is 13.2 Å². The van der Waals surface area contributed by atoms with E-state index in [-0.39, 0.29) is 36.0 Å². The molecule has 152 valence electrons. The highest BCUT2D eigenvalue weighted by Gasteiger charge is 2.31. The van der Waals surface area contributed by atoms with E-state index in [1.165, 1.54) is 12.1 Å². The van der Waals surface area contributed by atoms with Crippen LogP contribution in [0.25, 0.3) is 0 Å². The summed E-state index contributed by atoms with van der Waals surface area (Å²) in [6.45, 7) is 1.93. The zero-order chi connectivity index (χ0) is 20.1. The lowest BCUT2D eigenvalue weighted by Gasteiger charge is -2.28. The van der Waals surface area contributed by atoms with Crippen molar-refractivity contribution >= 4 is 5.97 Å². The molecule has 0 aliphatic heterocycles. The van der Waals surface area contributed by atoms with E-state index in [1.807, 2.05) is 0 Å². The first-order valence-electron chi connectivity index (χ1n) is 8.96. The molecule has 1 aliphatic carbocycles. The number of aromatic nitrogens is 3. The van der Waals surface area contributed by atoms with Gasteiger partial charge in [0.25, 0.3) is 5.88 Å². The maximum absolute atomic E-state index is 12.2. The summed E-state index contributed by atoms with van der Waals surface area (Å²) in [4.78, 5) is 11.8. The third-order valence-electron chi connectivity index (χ3n) is 4.53. The number of alkyl halides is 3. The number of rotatable bonds is 6. The standard InChI is InChI=1S/C18H20F3N3O4/c1-2-26-17(25)15-16(23-24-22-15)27-13-7-3-11(4-8-13)12-5-9-14(10-6-12)28-18(19,20)21/h5-6,9-11,13H,2-4,7-8H2,1H3,(H,22,23,24). The first-order chi connectivity index (χ1) is 13.4. The summed E-state index contributed by atoms with van der Waals surface area (Å²) in [5.41, 5.74) is 1.05. The van der Waals surface area contributed by atoms with E-state index in [4.69, 9.17) is 9.47 Å². The van der Waals surface area contributed by atoms with E-state index in [9.17, 15) is 18.0 Å². The topological polar surface area (TPSA) is 86.3 Å². The Labute approximate surface area is 159 Å². The van der Waals surface area contributed by atoms with Crippen molar-refractivity contribution in [1.82, 2.24) is 15.4 Å². The van der Waals surface area contributed by atoms with E-state index in [1.54, 1.807) is 19.1 Å². The number of halogens is 3. The molecular weight excluding hydrogens is 379 g/mol. The quantitative estimate of drug-likeness (QED) is 0.740. The highest BCUT2D eigenvalue weighted by Crippen LogP contribution is 2.35. The molecule has 0 atom stereocenters. The number of benzene rings is 1. The second-order valence-corrected chi connectivity index (χ2v) is 6.42. The third kappa shape index (κ3) is 5.14. The summed E-state index contributed by atoms with van der Waals surface area (Å²) in [5.74, 6) is -0.458. The van der Waals surface area contributed by atoms with Crippen LogP contribution in [-0.2, 0) is 4.74 Å². The molecule has 0 bridgehead atoms. The van der Waals surface area contributed by atoms with E-state index >= 15 is 0 Å². The van der Waals surface area contributed by atoms with Gasteiger partial charge in [0.05, 0.1) is 6.61 Å². The van der Waals surface area contributed by atoms with Gasteiger partial charge in [-0.15, -0.1) is 13.2 Å². The van der Waals surface area contributed by atoms with Crippen molar-refractivity contribution in [2.24, 2.45) is 0 Å². The van der Waals surface area contributed by atoms with Gasteiger partial charge in [0, 0.05) is 0 Å². The van der Waals surface area contributed by atoms with Crippen molar-refractivity contribution in [3.63, 3.8) is 0 Å². The Morgan fingerprint density at radius 2 is 1.86 bits per heavy atom. The van der Waals surface area contributed by atoms with Gasteiger partial charge in [-0.2, -0.15) is 0 Å². The van der Waals surface area contributed by atoms with Gasteiger partial charge in [-0.3, -0.25) is 0 Å². The Morgan fingerprint density at radius 3 is 2.46 bits per heavy atom. The lowest BCUT2D eigenvalue weighted by molar-refractivity contribution is -0.274. The number of aromatic amines is 1. The van der Waals surface area contributed by atoms with Crippen LogP contribution >= 0.6 is 0 Å². The van der Waals surface area contributed by atoms with E-state index < -0.39 is 12.3 Å². The van der Waals surface area contributed by atoms with Crippen LogP contribution in [0.3, 0.4) is 0 Å². The zero-order valence-electron chi connectivity index (χ0n) is 15.2. The highest BCUT2D eigenvalue weighted by atomic mass is 19.4. The highest BCUT2D eigenvalue weighted by molar-refractivity contribution is 5.89. The molecule has 1 N–H and O–H groups in total. The number of carbonyl (C=O) groups excluding carboxylic acids is 1. The van der Waals surface area contributed by atoms with Gasteiger partial charge < -0.3 is 14.2 Å². The summed E-state index contributed by atoms with van der Waals surface area (Å²) in [7, 11) is 0. The Bertz CT molecular complexity index is 784. The minimum atomic E-state index is -4.69. The summed E-state index contributed by atoms with van der Waals surface area (Å²) < 4.78 is 51.3. The van der Waals surface area contributed by atoms with Crippen molar-refractivity contribution in [2.75, 3.05) is 6.61 Å². The average molecular weight is 399 g/mol. The molecule has 7 nitrogen and oxygen atoms in total. The Kier molecular flexibility index (Phi) is 6.05. The summed E-state index contributed by atoms with van der Waals surface area (Å²) in [6, 6.07) is 5.96. The van der Waals surface area contributed by atoms with Crippen LogP contribution in [0.15, 0.2) is 24.3 Å². The number of nitrogens with one attached hydrogen (secondary N) is 1. The van der Waals surface area contributed by atoms with Crippen molar-refractivity contribution < 1.29 is 32.2 Å². The predicted octanol–water partition coefficient (Wildman–Crippen LogP) is 3.99.